The number of carbonyl (C=O) groups excluding carboxylic acids is 1. The number of rotatable bonds is 3. The summed E-state index contributed by atoms with van der Waals surface area (Å²) in [7, 11) is 1.77. The maximum atomic E-state index is 11.8. The Kier molecular flexibility index (Phi) is 4.70. The van der Waals surface area contributed by atoms with Gasteiger partial charge < -0.3 is 0 Å². The summed E-state index contributed by atoms with van der Waals surface area (Å²) >= 11 is 5.41. The van der Waals surface area contributed by atoms with Crippen molar-refractivity contribution in [2.24, 2.45) is 12.1 Å². The molecule has 0 fully saturated rings. The Hall–Kier alpha value is -1.22. The number of hydrogen-bond acceptors (Lipinski definition) is 3. The fraction of sp³-hybridized carbons (Fsp3) is 0.0833. The van der Waals surface area contributed by atoms with E-state index in [9.17, 15) is 4.79 Å². The van der Waals surface area contributed by atoms with Gasteiger partial charge in [0.15, 0.2) is 5.69 Å². The third-order valence-corrected chi connectivity index (χ3v) is 3.57. The molecule has 1 aromatic carbocycles. The van der Waals surface area contributed by atoms with Gasteiger partial charge in [0, 0.05) is 17.7 Å². The minimum Gasteiger partial charge on any atom is -0.274 e. The number of aromatic nitrogens is 2. The highest BCUT2D eigenvalue weighted by Crippen LogP contribution is 2.10. The first kappa shape index (κ1) is 14.2. The average Bonchev–Trinajstić information content (AvgIpc) is 2.71. The van der Waals surface area contributed by atoms with Crippen molar-refractivity contribution in [3.05, 3.63) is 49.8 Å². The second-order valence-corrected chi connectivity index (χ2v) is 5.83. The first-order chi connectivity index (χ1) is 9.06. The van der Waals surface area contributed by atoms with Gasteiger partial charge in [0.05, 0.1) is 9.78 Å². The van der Waals surface area contributed by atoms with E-state index in [-0.39, 0.29) is 5.91 Å². The van der Waals surface area contributed by atoms with Crippen LogP contribution in [0.1, 0.15) is 16.1 Å². The molecule has 5 nitrogen and oxygen atoms in total. The van der Waals surface area contributed by atoms with Crippen molar-refractivity contribution in [3.63, 3.8) is 0 Å². The fourth-order valence-corrected chi connectivity index (χ4v) is 2.40. The number of nitrogens with zero attached hydrogens (tertiary/aromatic N) is 3. The molecule has 0 bridgehead atoms. The van der Waals surface area contributed by atoms with Gasteiger partial charge in [0.1, 0.15) is 0 Å². The summed E-state index contributed by atoms with van der Waals surface area (Å²) in [5, 5.41) is 7.97. The number of amides is 1. The van der Waals surface area contributed by atoms with Crippen molar-refractivity contribution < 1.29 is 4.79 Å². The first-order valence-electron chi connectivity index (χ1n) is 5.34. The van der Waals surface area contributed by atoms with Crippen LogP contribution in [-0.4, -0.2) is 21.9 Å². The number of hydrazone groups is 1. The molecule has 2 aromatic rings. The van der Waals surface area contributed by atoms with Crippen LogP contribution in [0.2, 0.25) is 0 Å². The SMILES string of the molecule is Cn1cc(I)c(C(=O)N/N=C\c2ccc(Br)cc2)n1. The topological polar surface area (TPSA) is 59.3 Å². The molecule has 98 valence electrons. The van der Waals surface area contributed by atoms with E-state index in [0.29, 0.717) is 5.69 Å². The highest BCUT2D eigenvalue weighted by molar-refractivity contribution is 14.1. The minimum atomic E-state index is -0.321. The van der Waals surface area contributed by atoms with Crippen molar-refractivity contribution in [2.75, 3.05) is 0 Å². The lowest BCUT2D eigenvalue weighted by Gasteiger charge is -1.97. The molecule has 1 heterocycles. The molecule has 1 N–H and O–H groups in total. The third kappa shape index (κ3) is 3.87. The van der Waals surface area contributed by atoms with Gasteiger partial charge in [-0.25, -0.2) is 5.43 Å². The summed E-state index contributed by atoms with van der Waals surface area (Å²) in [6.45, 7) is 0. The molecule has 1 amide bonds. The van der Waals surface area contributed by atoms with Crippen molar-refractivity contribution in [3.8, 4) is 0 Å². The normalized spacial score (nSPS) is 10.9. The lowest BCUT2D eigenvalue weighted by atomic mass is 10.2. The van der Waals surface area contributed by atoms with Gasteiger partial charge in [-0.1, -0.05) is 28.1 Å². The summed E-state index contributed by atoms with van der Waals surface area (Å²) in [6.07, 6.45) is 3.36. The smallest absolute Gasteiger partial charge is 0.274 e. The third-order valence-electron chi connectivity index (χ3n) is 2.25. The van der Waals surface area contributed by atoms with Crippen molar-refractivity contribution >= 4 is 50.6 Å². The standard InChI is InChI=1S/C12H10BrIN4O/c1-18-7-10(14)11(17-18)12(19)16-15-6-8-2-4-9(13)5-3-8/h2-7H,1H3,(H,16,19)/b15-6-. The number of hydrogen-bond donors (Lipinski definition) is 1. The average molecular weight is 433 g/mol. The maximum absolute atomic E-state index is 11.8. The van der Waals surface area contributed by atoms with E-state index in [1.54, 1.807) is 24.1 Å². The summed E-state index contributed by atoms with van der Waals surface area (Å²) in [5.41, 5.74) is 3.73. The molecule has 0 saturated heterocycles. The Bertz CT molecular complexity index is 621. The van der Waals surface area contributed by atoms with E-state index in [2.05, 4.69) is 54.1 Å². The van der Waals surface area contributed by atoms with E-state index < -0.39 is 0 Å². The van der Waals surface area contributed by atoms with Gasteiger partial charge in [-0.15, -0.1) is 0 Å². The molecule has 0 spiro atoms. The largest absolute Gasteiger partial charge is 0.292 e. The molecule has 1 aromatic heterocycles. The summed E-state index contributed by atoms with van der Waals surface area (Å²) < 4.78 is 3.38. The van der Waals surface area contributed by atoms with E-state index in [1.807, 2.05) is 24.3 Å². The summed E-state index contributed by atoms with van der Waals surface area (Å²) in [5.74, 6) is -0.321. The Labute approximate surface area is 132 Å². The van der Waals surface area contributed by atoms with Gasteiger partial charge in [0.2, 0.25) is 0 Å². The van der Waals surface area contributed by atoms with Crippen LogP contribution >= 0.6 is 38.5 Å². The predicted molar refractivity (Wildman–Crippen MR) is 85.1 cm³/mol. The number of halogens is 2. The summed E-state index contributed by atoms with van der Waals surface area (Å²) in [6, 6.07) is 7.60. The number of benzene rings is 1. The first-order valence-corrected chi connectivity index (χ1v) is 7.21. The van der Waals surface area contributed by atoms with Gasteiger partial charge >= 0.3 is 0 Å². The maximum Gasteiger partial charge on any atom is 0.292 e. The Morgan fingerprint density at radius 2 is 2.16 bits per heavy atom. The summed E-state index contributed by atoms with van der Waals surface area (Å²) in [4.78, 5) is 11.8. The monoisotopic (exact) mass is 432 g/mol. The van der Waals surface area contributed by atoms with Crippen LogP contribution in [0.4, 0.5) is 0 Å². The second kappa shape index (κ2) is 6.29. The van der Waals surface area contributed by atoms with Gasteiger partial charge in [-0.3, -0.25) is 9.48 Å². The number of nitrogens with one attached hydrogen (secondary N) is 1. The molecule has 0 aliphatic rings. The zero-order valence-corrected chi connectivity index (χ0v) is 13.7. The molecule has 0 aliphatic heterocycles. The predicted octanol–water partition coefficient (Wildman–Crippen LogP) is 2.55. The van der Waals surface area contributed by atoms with E-state index >= 15 is 0 Å². The van der Waals surface area contributed by atoms with Gasteiger partial charge in [0.25, 0.3) is 5.91 Å². The lowest BCUT2D eigenvalue weighted by Crippen LogP contribution is -2.19. The van der Waals surface area contributed by atoms with Crippen LogP contribution in [0, 0.1) is 3.57 Å². The second-order valence-electron chi connectivity index (χ2n) is 3.75. The van der Waals surface area contributed by atoms with E-state index in [4.69, 9.17) is 0 Å². The van der Waals surface area contributed by atoms with Crippen LogP contribution in [0.25, 0.3) is 0 Å². The minimum absolute atomic E-state index is 0.321. The molecular weight excluding hydrogens is 423 g/mol. The molecule has 0 saturated carbocycles. The molecule has 0 radical (unpaired) electrons. The fourth-order valence-electron chi connectivity index (χ4n) is 1.38. The van der Waals surface area contributed by atoms with Crippen molar-refractivity contribution in [1.29, 1.82) is 0 Å². The van der Waals surface area contributed by atoms with Crippen LogP contribution < -0.4 is 5.43 Å². The molecule has 0 aliphatic carbocycles. The zero-order valence-electron chi connectivity index (χ0n) is 9.97. The highest BCUT2D eigenvalue weighted by atomic mass is 127. The van der Waals surface area contributed by atoms with Gasteiger partial charge in [-0.05, 0) is 40.3 Å². The van der Waals surface area contributed by atoms with Crippen LogP contribution in [0.5, 0.6) is 0 Å². The zero-order chi connectivity index (χ0) is 13.8. The molecule has 0 unspecified atom stereocenters. The molecule has 2 rings (SSSR count). The van der Waals surface area contributed by atoms with Gasteiger partial charge in [-0.2, -0.15) is 10.2 Å². The molecule has 0 atom stereocenters. The Morgan fingerprint density at radius 1 is 1.47 bits per heavy atom. The lowest BCUT2D eigenvalue weighted by molar-refractivity contribution is 0.0948. The molecular formula is C12H10BrIN4O. The molecule has 7 heteroatoms. The number of aryl methyl sites for hydroxylation is 1. The van der Waals surface area contributed by atoms with Crippen molar-refractivity contribution in [1.82, 2.24) is 15.2 Å². The van der Waals surface area contributed by atoms with E-state index in [1.165, 1.54) is 0 Å². The quantitative estimate of drug-likeness (QED) is 0.460. The van der Waals surface area contributed by atoms with Crippen LogP contribution in [-0.2, 0) is 7.05 Å². The Balaban J connectivity index is 2.00. The Morgan fingerprint density at radius 3 is 2.74 bits per heavy atom. The van der Waals surface area contributed by atoms with Crippen LogP contribution in [0.15, 0.2) is 40.0 Å². The van der Waals surface area contributed by atoms with Crippen molar-refractivity contribution in [2.45, 2.75) is 0 Å². The highest BCUT2D eigenvalue weighted by Gasteiger charge is 2.13. The van der Waals surface area contributed by atoms with E-state index in [0.717, 1.165) is 13.6 Å². The van der Waals surface area contributed by atoms with Crippen LogP contribution in [0.3, 0.4) is 0 Å². The molecule has 19 heavy (non-hydrogen) atoms. The number of carbonyl (C=O) groups is 1.